The van der Waals surface area contributed by atoms with E-state index in [2.05, 4.69) is 10.6 Å². The first-order valence-electron chi connectivity index (χ1n) is 6.41. The van der Waals surface area contributed by atoms with E-state index in [0.717, 1.165) is 17.7 Å². The fourth-order valence-corrected chi connectivity index (χ4v) is 2.49. The number of benzene rings is 1. The lowest BCUT2D eigenvalue weighted by Crippen LogP contribution is -2.28. The molecule has 0 radical (unpaired) electrons. The minimum absolute atomic E-state index is 0. The van der Waals surface area contributed by atoms with Crippen molar-refractivity contribution < 1.29 is 9.59 Å². The highest BCUT2D eigenvalue weighted by Gasteiger charge is 2.32. The molecule has 1 fully saturated rings. The summed E-state index contributed by atoms with van der Waals surface area (Å²) in [6.07, 6.45) is 0. The summed E-state index contributed by atoms with van der Waals surface area (Å²) in [6.45, 7) is 3.39. The third-order valence-corrected chi connectivity index (χ3v) is 3.50. The Hall–Kier alpha value is -1.59. The minimum atomic E-state index is -0.262. The number of hydrogen-bond acceptors (Lipinski definition) is 3. The van der Waals surface area contributed by atoms with Crippen molar-refractivity contribution in [1.82, 2.24) is 10.6 Å². The van der Waals surface area contributed by atoms with Gasteiger partial charge in [0.2, 0.25) is 11.8 Å². The molecule has 0 aliphatic carbocycles. The largest absolute Gasteiger partial charge is 0.369 e. The average molecular weight is 298 g/mol. The summed E-state index contributed by atoms with van der Waals surface area (Å²) in [4.78, 5) is 22.3. The number of nitrogens with one attached hydrogen (secondary N) is 2. The molecule has 0 spiro atoms. The second kappa shape index (κ2) is 7.26. The molecule has 4 N–H and O–H groups in total. The third-order valence-electron chi connectivity index (χ3n) is 3.50. The molecule has 1 saturated heterocycles. The molecule has 1 aromatic carbocycles. The molecule has 2 rings (SSSR count). The maximum Gasteiger partial charge on any atom is 0.222 e. The quantitative estimate of drug-likeness (QED) is 0.758. The van der Waals surface area contributed by atoms with Crippen LogP contribution in [0.15, 0.2) is 24.3 Å². The van der Waals surface area contributed by atoms with Gasteiger partial charge in [-0.3, -0.25) is 9.59 Å². The smallest absolute Gasteiger partial charge is 0.222 e. The van der Waals surface area contributed by atoms with Gasteiger partial charge in [-0.25, -0.2) is 0 Å². The zero-order valence-electron chi connectivity index (χ0n) is 11.4. The summed E-state index contributed by atoms with van der Waals surface area (Å²) in [5, 5.41) is 5.97. The van der Waals surface area contributed by atoms with Crippen molar-refractivity contribution in [3.63, 3.8) is 0 Å². The maximum absolute atomic E-state index is 11.4. The average Bonchev–Trinajstić information content (AvgIpc) is 2.86. The summed E-state index contributed by atoms with van der Waals surface area (Å²) in [5.41, 5.74) is 7.55. The predicted molar refractivity (Wildman–Crippen MR) is 79.5 cm³/mol. The zero-order chi connectivity index (χ0) is 13.8. The molecule has 20 heavy (non-hydrogen) atoms. The topological polar surface area (TPSA) is 84.2 Å². The first kappa shape index (κ1) is 16.5. The van der Waals surface area contributed by atoms with E-state index in [9.17, 15) is 9.59 Å². The third kappa shape index (κ3) is 3.95. The first-order valence-corrected chi connectivity index (χ1v) is 6.41. The van der Waals surface area contributed by atoms with E-state index in [1.165, 1.54) is 6.92 Å². The van der Waals surface area contributed by atoms with Crippen molar-refractivity contribution in [2.75, 3.05) is 13.1 Å². The normalized spacial score (nSPS) is 21.1. The molecule has 1 aliphatic rings. The van der Waals surface area contributed by atoms with Crippen LogP contribution in [0, 0.1) is 5.92 Å². The molecule has 2 atom stereocenters. The van der Waals surface area contributed by atoms with E-state index < -0.39 is 0 Å². The Morgan fingerprint density at radius 2 is 2.15 bits per heavy atom. The van der Waals surface area contributed by atoms with Crippen LogP contribution in [0.2, 0.25) is 0 Å². The van der Waals surface area contributed by atoms with Gasteiger partial charge < -0.3 is 16.4 Å². The van der Waals surface area contributed by atoms with Crippen molar-refractivity contribution in [3.05, 3.63) is 35.4 Å². The van der Waals surface area contributed by atoms with E-state index in [4.69, 9.17) is 5.73 Å². The Morgan fingerprint density at radius 3 is 2.80 bits per heavy atom. The van der Waals surface area contributed by atoms with Crippen LogP contribution in [-0.2, 0) is 16.1 Å². The number of amides is 2. The Morgan fingerprint density at radius 1 is 1.40 bits per heavy atom. The second-order valence-electron chi connectivity index (χ2n) is 4.93. The molecule has 6 heteroatoms. The van der Waals surface area contributed by atoms with Crippen LogP contribution in [-0.4, -0.2) is 24.9 Å². The molecule has 1 aliphatic heterocycles. The predicted octanol–water partition coefficient (Wildman–Crippen LogP) is 0.533. The van der Waals surface area contributed by atoms with Gasteiger partial charge in [0.15, 0.2) is 0 Å². The summed E-state index contributed by atoms with van der Waals surface area (Å²) < 4.78 is 0. The van der Waals surface area contributed by atoms with Gasteiger partial charge in [-0.15, -0.1) is 12.4 Å². The lowest BCUT2D eigenvalue weighted by atomic mass is 9.88. The van der Waals surface area contributed by atoms with E-state index in [0.29, 0.717) is 13.1 Å². The molecule has 0 saturated carbocycles. The minimum Gasteiger partial charge on any atom is -0.369 e. The Labute approximate surface area is 124 Å². The molecular weight excluding hydrogens is 278 g/mol. The number of primary amides is 1. The van der Waals surface area contributed by atoms with Crippen molar-refractivity contribution in [1.29, 1.82) is 0 Å². The van der Waals surface area contributed by atoms with Gasteiger partial charge >= 0.3 is 0 Å². The zero-order valence-corrected chi connectivity index (χ0v) is 12.2. The molecule has 0 unspecified atom stereocenters. The summed E-state index contributed by atoms with van der Waals surface area (Å²) in [5.74, 6) is -0.351. The van der Waals surface area contributed by atoms with Crippen LogP contribution >= 0.6 is 12.4 Å². The number of carbonyl (C=O) groups excluding carboxylic acids is 2. The van der Waals surface area contributed by atoms with Crippen LogP contribution in [0.4, 0.5) is 0 Å². The summed E-state index contributed by atoms with van der Waals surface area (Å²) in [6, 6.07) is 7.94. The number of rotatable bonds is 4. The van der Waals surface area contributed by atoms with E-state index in [-0.39, 0.29) is 36.1 Å². The van der Waals surface area contributed by atoms with Gasteiger partial charge in [0.25, 0.3) is 0 Å². The second-order valence-corrected chi connectivity index (χ2v) is 4.93. The number of halogens is 1. The first-order chi connectivity index (χ1) is 9.08. The van der Waals surface area contributed by atoms with Gasteiger partial charge in [0.1, 0.15) is 0 Å². The number of hydrogen-bond donors (Lipinski definition) is 3. The number of carbonyl (C=O) groups is 2. The van der Waals surface area contributed by atoms with Gasteiger partial charge in [0.05, 0.1) is 5.92 Å². The van der Waals surface area contributed by atoms with Crippen molar-refractivity contribution in [2.24, 2.45) is 11.7 Å². The highest BCUT2D eigenvalue weighted by Crippen LogP contribution is 2.28. The van der Waals surface area contributed by atoms with Crippen LogP contribution in [0.3, 0.4) is 0 Å². The molecular formula is C14H20ClN3O2. The standard InChI is InChI=1S/C14H19N3O2.ClH/c1-9(18)17-6-10-3-2-4-11(5-10)12-7-16-8-13(12)14(15)19;/h2-5,12-13,16H,6-8H2,1H3,(H2,15,19)(H,17,18);1H/t12-,13+;/m1./s1. The van der Waals surface area contributed by atoms with Crippen LogP contribution < -0.4 is 16.4 Å². The summed E-state index contributed by atoms with van der Waals surface area (Å²) >= 11 is 0. The van der Waals surface area contributed by atoms with Gasteiger partial charge in [0, 0.05) is 32.5 Å². The summed E-state index contributed by atoms with van der Waals surface area (Å²) in [7, 11) is 0. The Bertz CT molecular complexity index is 493. The molecule has 0 aromatic heterocycles. The van der Waals surface area contributed by atoms with Crippen molar-refractivity contribution in [3.8, 4) is 0 Å². The number of nitrogens with two attached hydrogens (primary N) is 1. The fourth-order valence-electron chi connectivity index (χ4n) is 2.49. The molecule has 2 amide bonds. The molecule has 1 heterocycles. The Balaban J connectivity index is 0.00000200. The SMILES string of the molecule is CC(=O)NCc1cccc([C@H]2CNC[C@@H]2C(N)=O)c1.Cl. The van der Waals surface area contributed by atoms with Crippen molar-refractivity contribution in [2.45, 2.75) is 19.4 Å². The molecule has 110 valence electrons. The highest BCUT2D eigenvalue weighted by atomic mass is 35.5. The lowest BCUT2D eigenvalue weighted by molar-refractivity contribution is -0.121. The van der Waals surface area contributed by atoms with Crippen LogP contribution in [0.25, 0.3) is 0 Å². The van der Waals surface area contributed by atoms with Crippen LogP contribution in [0.5, 0.6) is 0 Å². The van der Waals surface area contributed by atoms with Gasteiger partial charge in [-0.2, -0.15) is 0 Å². The van der Waals surface area contributed by atoms with E-state index in [1.54, 1.807) is 0 Å². The Kier molecular flexibility index (Phi) is 5.98. The van der Waals surface area contributed by atoms with Gasteiger partial charge in [-0.1, -0.05) is 24.3 Å². The van der Waals surface area contributed by atoms with Crippen molar-refractivity contribution >= 4 is 24.2 Å². The monoisotopic (exact) mass is 297 g/mol. The molecule has 1 aromatic rings. The van der Waals surface area contributed by atoms with E-state index >= 15 is 0 Å². The van der Waals surface area contributed by atoms with Crippen LogP contribution in [0.1, 0.15) is 24.0 Å². The highest BCUT2D eigenvalue weighted by molar-refractivity contribution is 5.85. The molecule has 5 nitrogen and oxygen atoms in total. The molecule has 0 bridgehead atoms. The maximum atomic E-state index is 11.4. The van der Waals surface area contributed by atoms with Gasteiger partial charge in [-0.05, 0) is 11.1 Å². The fraction of sp³-hybridized carbons (Fsp3) is 0.429. The lowest BCUT2D eigenvalue weighted by Gasteiger charge is -2.16. The van der Waals surface area contributed by atoms with E-state index in [1.807, 2.05) is 24.3 Å².